The zero-order valence-corrected chi connectivity index (χ0v) is 19.1. The van der Waals surface area contributed by atoms with E-state index in [1.54, 1.807) is 6.92 Å². The van der Waals surface area contributed by atoms with Gasteiger partial charge in [-0.3, -0.25) is 4.79 Å². The third-order valence-corrected chi connectivity index (χ3v) is 6.44. The maximum atomic E-state index is 11.9. The molecule has 5 nitrogen and oxygen atoms in total. The number of hydrogen-bond donors (Lipinski definition) is 1. The van der Waals surface area contributed by atoms with Crippen LogP contribution < -0.4 is 10.6 Å². The van der Waals surface area contributed by atoms with E-state index in [2.05, 4.69) is 54.6 Å². The Hall–Kier alpha value is -3.31. The van der Waals surface area contributed by atoms with Crippen LogP contribution in [-0.2, 0) is 16.8 Å². The molecule has 2 N–H and O–H groups in total. The molecule has 0 bridgehead atoms. The molecule has 5 rings (SSSR count). The van der Waals surface area contributed by atoms with Gasteiger partial charge in [0.25, 0.3) is 0 Å². The molecule has 1 unspecified atom stereocenters. The highest BCUT2D eigenvalue weighted by Gasteiger charge is 2.40. The van der Waals surface area contributed by atoms with Crippen molar-refractivity contribution in [1.82, 2.24) is 4.90 Å². The quantitative estimate of drug-likeness (QED) is 0.656. The number of nitrogens with two attached hydrogens (primary N) is 1. The Bertz CT molecular complexity index is 1190. The number of benzene rings is 3. The Labute approximate surface area is 195 Å². The molecule has 164 valence electrons. The minimum atomic E-state index is -0.530. The first-order chi connectivity index (χ1) is 15.0. The minimum absolute atomic E-state index is 0. The third-order valence-electron chi connectivity index (χ3n) is 6.44. The van der Waals surface area contributed by atoms with Crippen LogP contribution in [0.4, 0.5) is 5.69 Å². The maximum Gasteiger partial charge on any atom is 0.223 e. The van der Waals surface area contributed by atoms with E-state index in [1.807, 2.05) is 35.0 Å². The number of halogens is 1. The van der Waals surface area contributed by atoms with E-state index in [4.69, 9.17) is 10.7 Å². The van der Waals surface area contributed by atoms with Crippen LogP contribution >= 0.6 is 12.4 Å². The van der Waals surface area contributed by atoms with Crippen LogP contribution in [0.25, 0.3) is 11.1 Å². The Kier molecular flexibility index (Phi) is 5.70. The van der Waals surface area contributed by atoms with E-state index in [1.165, 1.54) is 5.56 Å². The van der Waals surface area contributed by atoms with Gasteiger partial charge in [-0.05, 0) is 52.4 Å². The monoisotopic (exact) mass is 446 g/mol. The van der Waals surface area contributed by atoms with Crippen molar-refractivity contribution < 1.29 is 4.79 Å². The van der Waals surface area contributed by atoms with Gasteiger partial charge in [0.2, 0.25) is 5.91 Å². The summed E-state index contributed by atoms with van der Waals surface area (Å²) in [5, 5.41) is 0. The number of amides is 1. The van der Waals surface area contributed by atoms with Gasteiger partial charge in [-0.25, -0.2) is 4.99 Å². The fourth-order valence-electron chi connectivity index (χ4n) is 4.80. The second-order valence-electron chi connectivity index (χ2n) is 8.40. The molecular weight excluding hydrogens is 420 g/mol. The van der Waals surface area contributed by atoms with Crippen molar-refractivity contribution in [3.63, 3.8) is 0 Å². The molecule has 1 amide bonds. The smallest absolute Gasteiger partial charge is 0.223 e. The number of likely N-dealkylation sites (N-methyl/N-ethyl adjacent to an activating group) is 1. The molecule has 2 heterocycles. The molecule has 3 aromatic rings. The summed E-state index contributed by atoms with van der Waals surface area (Å²) >= 11 is 0. The standard InChI is InChI=1S/C26H26N4O.ClH/c1-18(31)30-14-13-21-15-20(11-12-24(21)30)19-7-6-10-23(16-19)26(17-29(2)25(27)28-26)22-8-4-3-5-9-22;/h3-12,15-16H,13-14,17H2,1-2H3,(H2,27,28);1H. The Morgan fingerprint density at radius 1 is 0.969 bits per heavy atom. The molecule has 0 aromatic heterocycles. The summed E-state index contributed by atoms with van der Waals surface area (Å²) in [6.45, 7) is 3.08. The summed E-state index contributed by atoms with van der Waals surface area (Å²) in [5.74, 6) is 0.648. The number of aliphatic imine (C=N–C) groups is 1. The van der Waals surface area contributed by atoms with Gasteiger partial charge >= 0.3 is 0 Å². The predicted molar refractivity (Wildman–Crippen MR) is 132 cm³/mol. The molecule has 2 aliphatic rings. The zero-order valence-electron chi connectivity index (χ0n) is 18.3. The van der Waals surface area contributed by atoms with Crippen LogP contribution in [0.1, 0.15) is 23.6 Å². The molecular formula is C26H27ClN4O. The number of carbonyl (C=O) groups is 1. The zero-order chi connectivity index (χ0) is 21.6. The second-order valence-corrected chi connectivity index (χ2v) is 8.40. The Morgan fingerprint density at radius 3 is 2.38 bits per heavy atom. The lowest BCUT2D eigenvalue weighted by atomic mass is 9.82. The summed E-state index contributed by atoms with van der Waals surface area (Å²) in [5.41, 5.74) is 12.5. The molecule has 0 radical (unpaired) electrons. The molecule has 6 heteroatoms. The van der Waals surface area contributed by atoms with Gasteiger partial charge in [0, 0.05) is 26.2 Å². The van der Waals surface area contributed by atoms with Crippen LogP contribution in [0.2, 0.25) is 0 Å². The number of fused-ring (bicyclic) bond motifs is 1. The third kappa shape index (κ3) is 3.53. The SMILES string of the molecule is CC(=O)N1CCc2cc(-c3cccc(C4(c5ccccc5)CN(C)C(N)=N4)c3)ccc21.Cl. The van der Waals surface area contributed by atoms with E-state index < -0.39 is 5.54 Å². The van der Waals surface area contributed by atoms with Crippen molar-refractivity contribution in [3.05, 3.63) is 89.5 Å². The second kappa shape index (κ2) is 8.32. The van der Waals surface area contributed by atoms with Crippen molar-refractivity contribution in [2.45, 2.75) is 18.9 Å². The number of guanidine groups is 1. The molecule has 0 fully saturated rings. The van der Waals surface area contributed by atoms with Gasteiger partial charge in [0.15, 0.2) is 5.96 Å². The summed E-state index contributed by atoms with van der Waals surface area (Å²) in [6.07, 6.45) is 0.891. The van der Waals surface area contributed by atoms with Crippen molar-refractivity contribution in [1.29, 1.82) is 0 Å². The Balaban J connectivity index is 0.00000245. The molecule has 0 saturated carbocycles. The van der Waals surface area contributed by atoms with Crippen LogP contribution in [0.5, 0.6) is 0 Å². The minimum Gasteiger partial charge on any atom is -0.370 e. The van der Waals surface area contributed by atoms with E-state index >= 15 is 0 Å². The normalized spacial score (nSPS) is 19.4. The van der Waals surface area contributed by atoms with Crippen LogP contribution in [0.15, 0.2) is 77.8 Å². The van der Waals surface area contributed by atoms with Crippen LogP contribution in [-0.4, -0.2) is 36.9 Å². The van der Waals surface area contributed by atoms with Crippen LogP contribution in [0.3, 0.4) is 0 Å². The lowest BCUT2D eigenvalue weighted by Gasteiger charge is -2.28. The average molecular weight is 447 g/mol. The Morgan fingerprint density at radius 2 is 1.69 bits per heavy atom. The van der Waals surface area contributed by atoms with Gasteiger partial charge in [0.05, 0.1) is 6.54 Å². The predicted octanol–water partition coefficient (Wildman–Crippen LogP) is 4.19. The van der Waals surface area contributed by atoms with E-state index in [0.717, 1.165) is 40.9 Å². The van der Waals surface area contributed by atoms with Crippen LogP contribution in [0, 0.1) is 0 Å². The largest absolute Gasteiger partial charge is 0.370 e. The summed E-state index contributed by atoms with van der Waals surface area (Å²) in [7, 11) is 1.98. The number of carbonyl (C=O) groups excluding carboxylic acids is 1. The lowest BCUT2D eigenvalue weighted by molar-refractivity contribution is -0.116. The first-order valence-electron chi connectivity index (χ1n) is 10.6. The molecule has 0 saturated heterocycles. The molecule has 3 aromatic carbocycles. The van der Waals surface area contributed by atoms with Crippen molar-refractivity contribution in [3.8, 4) is 11.1 Å². The number of rotatable bonds is 3. The fourth-order valence-corrected chi connectivity index (χ4v) is 4.80. The molecule has 0 aliphatic carbocycles. The first kappa shape index (κ1) is 21.9. The van der Waals surface area contributed by atoms with Crippen molar-refractivity contribution >= 4 is 30.0 Å². The van der Waals surface area contributed by atoms with Gasteiger partial charge < -0.3 is 15.5 Å². The van der Waals surface area contributed by atoms with E-state index in [-0.39, 0.29) is 18.3 Å². The first-order valence-corrected chi connectivity index (χ1v) is 10.6. The molecule has 32 heavy (non-hydrogen) atoms. The highest BCUT2D eigenvalue weighted by atomic mass is 35.5. The maximum absolute atomic E-state index is 11.9. The van der Waals surface area contributed by atoms with E-state index in [0.29, 0.717) is 12.5 Å². The van der Waals surface area contributed by atoms with Gasteiger partial charge in [0.1, 0.15) is 5.54 Å². The van der Waals surface area contributed by atoms with Gasteiger partial charge in [-0.2, -0.15) is 0 Å². The molecule has 0 spiro atoms. The average Bonchev–Trinajstić information content (AvgIpc) is 3.35. The summed E-state index contributed by atoms with van der Waals surface area (Å²) in [4.78, 5) is 20.7. The lowest BCUT2D eigenvalue weighted by Crippen LogP contribution is -2.34. The fraction of sp³-hybridized carbons (Fsp3) is 0.231. The molecule has 1 atom stereocenters. The number of nitrogens with zero attached hydrogens (tertiary/aromatic N) is 3. The highest BCUT2D eigenvalue weighted by molar-refractivity contribution is 5.94. The van der Waals surface area contributed by atoms with Crippen molar-refractivity contribution in [2.75, 3.05) is 25.0 Å². The summed E-state index contributed by atoms with van der Waals surface area (Å²) in [6, 6.07) is 25.3. The van der Waals surface area contributed by atoms with E-state index in [9.17, 15) is 4.79 Å². The van der Waals surface area contributed by atoms with Crippen molar-refractivity contribution in [2.24, 2.45) is 10.7 Å². The topological polar surface area (TPSA) is 61.9 Å². The summed E-state index contributed by atoms with van der Waals surface area (Å²) < 4.78 is 0. The van der Waals surface area contributed by atoms with Gasteiger partial charge in [-0.1, -0.05) is 54.6 Å². The number of anilines is 1. The van der Waals surface area contributed by atoms with Gasteiger partial charge in [-0.15, -0.1) is 12.4 Å². The molecule has 2 aliphatic heterocycles. The highest BCUT2D eigenvalue weighted by Crippen LogP contribution is 2.40. The number of hydrogen-bond acceptors (Lipinski definition) is 4.